The minimum Gasteiger partial charge on any atom is -0.281 e. The van der Waals surface area contributed by atoms with Crippen LogP contribution >= 0.6 is 11.6 Å². The zero-order valence-corrected chi connectivity index (χ0v) is 6.60. The van der Waals surface area contributed by atoms with E-state index in [-0.39, 0.29) is 5.24 Å². The summed E-state index contributed by atoms with van der Waals surface area (Å²) in [7, 11) is 0. The van der Waals surface area contributed by atoms with Gasteiger partial charge in [0.15, 0.2) is 0 Å². The Kier molecular flexibility index (Phi) is 2.94. The summed E-state index contributed by atoms with van der Waals surface area (Å²) in [4.78, 5) is 10.5. The van der Waals surface area contributed by atoms with Crippen LogP contribution in [0.15, 0.2) is 12.2 Å². The molecule has 0 saturated heterocycles. The van der Waals surface area contributed by atoms with Crippen molar-refractivity contribution >= 4 is 16.8 Å². The number of carbonyl (C=O) groups excluding carboxylic acids is 1. The molecule has 0 bridgehead atoms. The van der Waals surface area contributed by atoms with Gasteiger partial charge in [0.1, 0.15) is 0 Å². The normalized spacial score (nSPS) is 24.7. The lowest BCUT2D eigenvalue weighted by molar-refractivity contribution is -0.112. The molecule has 0 fully saturated rings. The molecule has 0 amide bonds. The third kappa shape index (κ3) is 2.53. The van der Waals surface area contributed by atoms with Crippen molar-refractivity contribution in [2.45, 2.75) is 25.7 Å². The molecule has 56 valence electrons. The van der Waals surface area contributed by atoms with Crippen LogP contribution in [-0.2, 0) is 4.79 Å². The van der Waals surface area contributed by atoms with Crippen molar-refractivity contribution in [3.05, 3.63) is 12.2 Å². The molecule has 0 aromatic carbocycles. The third-order valence-electron chi connectivity index (χ3n) is 1.83. The molecule has 2 heteroatoms. The van der Waals surface area contributed by atoms with Crippen LogP contribution in [0.25, 0.3) is 0 Å². The molecule has 0 aliphatic heterocycles. The standard InChI is InChI=1S/C8H11ClO/c9-8(10)6-7-4-2-1-3-5-7/h1-2,7H,3-6H2. The monoisotopic (exact) mass is 158 g/mol. The SMILES string of the molecule is O=C(Cl)CC1CC=CCC1. The Labute approximate surface area is 66.1 Å². The van der Waals surface area contributed by atoms with Gasteiger partial charge in [-0.2, -0.15) is 0 Å². The lowest BCUT2D eigenvalue weighted by Gasteiger charge is -2.14. The number of halogens is 1. The van der Waals surface area contributed by atoms with E-state index in [1.807, 2.05) is 0 Å². The van der Waals surface area contributed by atoms with E-state index in [0.29, 0.717) is 12.3 Å². The molecule has 0 N–H and O–H groups in total. The molecule has 0 saturated carbocycles. The molecule has 1 aliphatic rings. The Bertz CT molecular complexity index is 151. The average Bonchev–Trinajstić information content (AvgIpc) is 1.88. The van der Waals surface area contributed by atoms with Crippen LogP contribution in [0, 0.1) is 5.92 Å². The molecule has 0 heterocycles. The summed E-state index contributed by atoms with van der Waals surface area (Å²) in [5.41, 5.74) is 0. The summed E-state index contributed by atoms with van der Waals surface area (Å²) >= 11 is 5.25. The quantitative estimate of drug-likeness (QED) is 0.446. The van der Waals surface area contributed by atoms with Gasteiger partial charge in [0.25, 0.3) is 0 Å². The Morgan fingerprint density at radius 1 is 1.60 bits per heavy atom. The fourth-order valence-electron chi connectivity index (χ4n) is 1.27. The Morgan fingerprint density at radius 2 is 2.40 bits per heavy atom. The minimum atomic E-state index is -0.194. The second-order valence-electron chi connectivity index (χ2n) is 2.71. The van der Waals surface area contributed by atoms with E-state index in [2.05, 4.69) is 12.2 Å². The van der Waals surface area contributed by atoms with Crippen LogP contribution in [-0.4, -0.2) is 5.24 Å². The van der Waals surface area contributed by atoms with Crippen LogP contribution < -0.4 is 0 Å². The van der Waals surface area contributed by atoms with Crippen LogP contribution in [0.2, 0.25) is 0 Å². The van der Waals surface area contributed by atoms with Gasteiger partial charge in [-0.25, -0.2) is 0 Å². The molecule has 1 atom stereocenters. The Balaban J connectivity index is 2.28. The second-order valence-corrected chi connectivity index (χ2v) is 3.13. The minimum absolute atomic E-state index is 0.194. The first kappa shape index (κ1) is 7.80. The van der Waals surface area contributed by atoms with Crippen LogP contribution in [0.4, 0.5) is 0 Å². The zero-order valence-electron chi connectivity index (χ0n) is 5.85. The maximum Gasteiger partial charge on any atom is 0.221 e. The third-order valence-corrected chi connectivity index (χ3v) is 1.98. The lowest BCUT2D eigenvalue weighted by atomic mass is 9.92. The van der Waals surface area contributed by atoms with Crippen molar-refractivity contribution in [3.8, 4) is 0 Å². The van der Waals surface area contributed by atoms with E-state index < -0.39 is 0 Å². The van der Waals surface area contributed by atoms with Crippen LogP contribution in [0.5, 0.6) is 0 Å². The molecule has 1 aliphatic carbocycles. The highest BCUT2D eigenvalue weighted by atomic mass is 35.5. The van der Waals surface area contributed by atoms with Gasteiger partial charge in [0.2, 0.25) is 5.24 Å². The van der Waals surface area contributed by atoms with E-state index in [1.54, 1.807) is 0 Å². The molecule has 1 rings (SSSR count). The smallest absolute Gasteiger partial charge is 0.221 e. The van der Waals surface area contributed by atoms with E-state index in [0.717, 1.165) is 19.3 Å². The fraction of sp³-hybridized carbons (Fsp3) is 0.625. The molecular formula is C8H11ClO. The van der Waals surface area contributed by atoms with Crippen molar-refractivity contribution in [2.24, 2.45) is 5.92 Å². The molecular weight excluding hydrogens is 148 g/mol. The van der Waals surface area contributed by atoms with Gasteiger partial charge in [0, 0.05) is 6.42 Å². The highest BCUT2D eigenvalue weighted by Crippen LogP contribution is 2.21. The van der Waals surface area contributed by atoms with E-state index in [1.165, 1.54) is 0 Å². The van der Waals surface area contributed by atoms with Crippen molar-refractivity contribution in [2.75, 3.05) is 0 Å². The Morgan fingerprint density at radius 3 is 2.90 bits per heavy atom. The molecule has 0 aromatic heterocycles. The van der Waals surface area contributed by atoms with Gasteiger partial charge >= 0.3 is 0 Å². The maximum absolute atomic E-state index is 10.5. The summed E-state index contributed by atoms with van der Waals surface area (Å²) in [6.07, 6.45) is 8.09. The van der Waals surface area contributed by atoms with E-state index >= 15 is 0 Å². The van der Waals surface area contributed by atoms with Gasteiger partial charge in [0.05, 0.1) is 0 Å². The first-order chi connectivity index (χ1) is 4.79. The second kappa shape index (κ2) is 3.77. The largest absolute Gasteiger partial charge is 0.281 e. The molecule has 1 unspecified atom stereocenters. The van der Waals surface area contributed by atoms with Gasteiger partial charge in [-0.3, -0.25) is 4.79 Å². The average molecular weight is 159 g/mol. The fourth-order valence-corrected chi connectivity index (χ4v) is 1.49. The molecule has 0 aromatic rings. The molecule has 1 nitrogen and oxygen atoms in total. The summed E-state index contributed by atoms with van der Waals surface area (Å²) in [5, 5.41) is -0.194. The van der Waals surface area contributed by atoms with Gasteiger partial charge < -0.3 is 0 Å². The summed E-state index contributed by atoms with van der Waals surface area (Å²) in [5.74, 6) is 0.509. The first-order valence-electron chi connectivity index (χ1n) is 3.62. The highest BCUT2D eigenvalue weighted by Gasteiger charge is 2.12. The molecule has 10 heavy (non-hydrogen) atoms. The van der Waals surface area contributed by atoms with Gasteiger partial charge in [-0.1, -0.05) is 12.2 Å². The molecule has 0 radical (unpaired) electrons. The summed E-state index contributed by atoms with van der Waals surface area (Å²) in [6, 6.07) is 0. The van der Waals surface area contributed by atoms with Crippen molar-refractivity contribution in [1.82, 2.24) is 0 Å². The zero-order chi connectivity index (χ0) is 7.40. The Hall–Kier alpha value is -0.300. The predicted octanol–water partition coefficient (Wildman–Crippen LogP) is 2.50. The highest BCUT2D eigenvalue weighted by molar-refractivity contribution is 6.63. The van der Waals surface area contributed by atoms with Crippen LogP contribution in [0.1, 0.15) is 25.7 Å². The molecule has 0 spiro atoms. The number of hydrogen-bond donors (Lipinski definition) is 0. The predicted molar refractivity (Wildman–Crippen MR) is 42.0 cm³/mol. The van der Waals surface area contributed by atoms with E-state index in [4.69, 9.17) is 11.6 Å². The van der Waals surface area contributed by atoms with Gasteiger partial charge in [-0.15, -0.1) is 0 Å². The number of rotatable bonds is 2. The van der Waals surface area contributed by atoms with Crippen molar-refractivity contribution in [3.63, 3.8) is 0 Å². The van der Waals surface area contributed by atoms with E-state index in [9.17, 15) is 4.79 Å². The summed E-state index contributed by atoms with van der Waals surface area (Å²) in [6.45, 7) is 0. The lowest BCUT2D eigenvalue weighted by Crippen LogP contribution is -2.05. The maximum atomic E-state index is 10.5. The summed E-state index contributed by atoms with van der Waals surface area (Å²) < 4.78 is 0. The van der Waals surface area contributed by atoms with Crippen molar-refractivity contribution < 1.29 is 4.79 Å². The van der Waals surface area contributed by atoms with Crippen LogP contribution in [0.3, 0.4) is 0 Å². The number of carbonyl (C=O) groups is 1. The van der Waals surface area contributed by atoms with Crippen molar-refractivity contribution in [1.29, 1.82) is 0 Å². The number of hydrogen-bond acceptors (Lipinski definition) is 1. The van der Waals surface area contributed by atoms with Gasteiger partial charge in [-0.05, 0) is 36.8 Å². The first-order valence-corrected chi connectivity index (χ1v) is 4.00. The number of allylic oxidation sites excluding steroid dienone is 2. The topological polar surface area (TPSA) is 17.1 Å².